The number of carboxylic acid groups (broad SMARTS) is 1. The second kappa shape index (κ2) is 6.41. The van der Waals surface area contributed by atoms with Crippen LogP contribution in [0, 0.1) is 11.7 Å². The number of ether oxygens (including phenoxy) is 1. The zero-order valence-corrected chi connectivity index (χ0v) is 15.1. The number of fused-ring (bicyclic) bond motifs is 3. The van der Waals surface area contributed by atoms with Crippen molar-refractivity contribution >= 4 is 29.2 Å². The number of carboxylic acids is 1. The number of rotatable bonds is 4. The summed E-state index contributed by atoms with van der Waals surface area (Å²) in [6.45, 7) is 0.593. The lowest BCUT2D eigenvalue weighted by atomic mass is 9.90. The normalized spacial score (nSPS) is 21.4. The van der Waals surface area contributed by atoms with Crippen molar-refractivity contribution in [3.05, 3.63) is 51.3 Å². The number of benzene rings is 2. The molecule has 136 valence electrons. The molecule has 0 amide bonds. The molecular formula is C19H16Cl2FNO3. The van der Waals surface area contributed by atoms with Gasteiger partial charge in [0.1, 0.15) is 17.6 Å². The van der Waals surface area contributed by atoms with Gasteiger partial charge in [0.15, 0.2) is 0 Å². The Labute approximate surface area is 159 Å². The molecule has 1 heterocycles. The zero-order valence-electron chi connectivity index (χ0n) is 13.6. The Morgan fingerprint density at radius 2 is 2.04 bits per heavy atom. The maximum Gasteiger partial charge on any atom is 0.320 e. The zero-order chi connectivity index (χ0) is 18.6. The highest BCUT2D eigenvalue weighted by atomic mass is 35.5. The molecule has 4 nitrogen and oxygen atoms in total. The molecule has 3 unspecified atom stereocenters. The lowest BCUT2D eigenvalue weighted by molar-refractivity contribution is -0.138. The highest BCUT2D eigenvalue weighted by molar-refractivity contribution is 6.39. The van der Waals surface area contributed by atoms with E-state index in [4.69, 9.17) is 38.8 Å². The molecule has 3 N–H and O–H groups in total. The highest BCUT2D eigenvalue weighted by Gasteiger charge is 2.46. The van der Waals surface area contributed by atoms with E-state index in [9.17, 15) is 9.18 Å². The van der Waals surface area contributed by atoms with Crippen molar-refractivity contribution in [1.29, 1.82) is 0 Å². The number of aliphatic carboxylic acids is 1. The summed E-state index contributed by atoms with van der Waals surface area (Å²) in [6.07, 6.45) is 1.21. The smallest absolute Gasteiger partial charge is 0.320 e. The van der Waals surface area contributed by atoms with Gasteiger partial charge >= 0.3 is 5.97 Å². The van der Waals surface area contributed by atoms with Crippen LogP contribution in [0.4, 0.5) is 4.39 Å². The molecule has 1 aliphatic carbocycles. The van der Waals surface area contributed by atoms with Gasteiger partial charge in [-0.3, -0.25) is 4.79 Å². The third-order valence-electron chi connectivity index (χ3n) is 5.05. The molecule has 0 bridgehead atoms. The van der Waals surface area contributed by atoms with Gasteiger partial charge in [-0.05, 0) is 36.5 Å². The van der Waals surface area contributed by atoms with Crippen molar-refractivity contribution in [2.45, 2.75) is 24.8 Å². The first-order valence-electron chi connectivity index (χ1n) is 8.28. The third kappa shape index (κ3) is 2.94. The lowest BCUT2D eigenvalue weighted by Gasteiger charge is -2.24. The van der Waals surface area contributed by atoms with Crippen LogP contribution in [-0.4, -0.2) is 23.7 Å². The van der Waals surface area contributed by atoms with Gasteiger partial charge in [0.25, 0.3) is 0 Å². The Morgan fingerprint density at radius 1 is 1.35 bits per heavy atom. The van der Waals surface area contributed by atoms with E-state index in [1.165, 1.54) is 12.1 Å². The first kappa shape index (κ1) is 17.6. The molecule has 0 spiro atoms. The van der Waals surface area contributed by atoms with E-state index in [1.54, 1.807) is 6.07 Å². The van der Waals surface area contributed by atoms with Crippen molar-refractivity contribution in [1.82, 2.24) is 0 Å². The quantitative estimate of drug-likeness (QED) is 0.811. The summed E-state index contributed by atoms with van der Waals surface area (Å²) in [4.78, 5) is 11.1. The van der Waals surface area contributed by atoms with Crippen LogP contribution < -0.4 is 10.5 Å². The molecule has 1 fully saturated rings. The number of carbonyl (C=O) groups is 1. The van der Waals surface area contributed by atoms with Gasteiger partial charge in [-0.25, -0.2) is 4.39 Å². The van der Waals surface area contributed by atoms with E-state index in [0.29, 0.717) is 35.3 Å². The summed E-state index contributed by atoms with van der Waals surface area (Å²) in [5.41, 5.74) is 8.77. The molecule has 0 aromatic heterocycles. The molecule has 1 saturated carbocycles. The molecule has 4 rings (SSSR count). The van der Waals surface area contributed by atoms with Crippen LogP contribution in [0.25, 0.3) is 11.1 Å². The SMILES string of the molecule is NC(Cc1ccc(-c2c(Cl)cc(F)cc2Cl)c2c1C1CC1CO2)C(=O)O. The fraction of sp³-hybridized carbons (Fsp3) is 0.316. The van der Waals surface area contributed by atoms with Crippen molar-refractivity contribution < 1.29 is 19.0 Å². The number of hydrogen-bond donors (Lipinski definition) is 2. The van der Waals surface area contributed by atoms with Gasteiger partial charge in [0.05, 0.1) is 16.7 Å². The topological polar surface area (TPSA) is 72.5 Å². The van der Waals surface area contributed by atoms with E-state index in [0.717, 1.165) is 17.5 Å². The lowest BCUT2D eigenvalue weighted by Crippen LogP contribution is -2.32. The summed E-state index contributed by atoms with van der Waals surface area (Å²) in [5, 5.41) is 9.53. The van der Waals surface area contributed by atoms with E-state index in [1.807, 2.05) is 6.07 Å². The minimum absolute atomic E-state index is 0.203. The van der Waals surface area contributed by atoms with Crippen molar-refractivity contribution in [3.8, 4) is 16.9 Å². The fourth-order valence-electron chi connectivity index (χ4n) is 3.68. The molecule has 7 heteroatoms. The Kier molecular flexibility index (Phi) is 4.34. The number of halogens is 3. The van der Waals surface area contributed by atoms with E-state index in [2.05, 4.69) is 0 Å². The Morgan fingerprint density at radius 3 is 2.69 bits per heavy atom. The average molecular weight is 396 g/mol. The standard InChI is InChI=1S/C19H16Cl2FNO3/c20-13-5-10(22)6-14(21)17(13)11-2-1-8(4-15(23)19(24)25)16-12-3-9(12)7-26-18(11)16/h1-2,5-6,9,12,15H,3-4,7,23H2,(H,24,25). The monoisotopic (exact) mass is 395 g/mol. The maximum absolute atomic E-state index is 13.5. The maximum atomic E-state index is 13.5. The molecule has 2 aliphatic rings. The van der Waals surface area contributed by atoms with E-state index >= 15 is 0 Å². The second-order valence-corrected chi connectivity index (χ2v) is 7.64. The van der Waals surface area contributed by atoms with Crippen LogP contribution in [0.15, 0.2) is 24.3 Å². The van der Waals surface area contributed by atoms with E-state index in [-0.39, 0.29) is 16.5 Å². The van der Waals surface area contributed by atoms with Crippen LogP contribution in [-0.2, 0) is 11.2 Å². The van der Waals surface area contributed by atoms with Gasteiger partial charge < -0.3 is 15.6 Å². The first-order valence-corrected chi connectivity index (χ1v) is 9.04. The second-order valence-electron chi connectivity index (χ2n) is 6.82. The molecule has 3 atom stereocenters. The van der Waals surface area contributed by atoms with Crippen LogP contribution in [0.1, 0.15) is 23.5 Å². The van der Waals surface area contributed by atoms with Crippen LogP contribution in [0.3, 0.4) is 0 Å². The molecule has 2 aromatic carbocycles. The minimum Gasteiger partial charge on any atom is -0.492 e. The molecule has 2 aromatic rings. The third-order valence-corrected chi connectivity index (χ3v) is 5.65. The summed E-state index contributed by atoms with van der Waals surface area (Å²) < 4.78 is 19.5. The van der Waals surface area contributed by atoms with Gasteiger partial charge in [-0.1, -0.05) is 35.3 Å². The van der Waals surface area contributed by atoms with Crippen LogP contribution >= 0.6 is 23.2 Å². The summed E-state index contributed by atoms with van der Waals surface area (Å²) >= 11 is 12.5. The van der Waals surface area contributed by atoms with Gasteiger partial charge in [0.2, 0.25) is 0 Å². The average Bonchev–Trinajstić information content (AvgIpc) is 3.34. The Balaban J connectivity index is 1.86. The summed E-state index contributed by atoms with van der Waals surface area (Å²) in [7, 11) is 0. The van der Waals surface area contributed by atoms with Gasteiger partial charge in [-0.15, -0.1) is 0 Å². The molecule has 1 aliphatic heterocycles. The van der Waals surface area contributed by atoms with Crippen molar-refractivity contribution in [2.75, 3.05) is 6.61 Å². The highest BCUT2D eigenvalue weighted by Crippen LogP contribution is 2.58. The largest absolute Gasteiger partial charge is 0.492 e. The fourth-order valence-corrected chi connectivity index (χ4v) is 4.34. The van der Waals surface area contributed by atoms with Gasteiger partial charge in [-0.2, -0.15) is 0 Å². The van der Waals surface area contributed by atoms with Gasteiger partial charge in [0, 0.05) is 22.6 Å². The Bertz CT molecular complexity index is 895. The first-order chi connectivity index (χ1) is 12.4. The van der Waals surface area contributed by atoms with Crippen LogP contribution in [0.5, 0.6) is 5.75 Å². The van der Waals surface area contributed by atoms with Crippen molar-refractivity contribution in [2.24, 2.45) is 11.7 Å². The minimum atomic E-state index is -1.04. The Hall–Kier alpha value is -1.82. The predicted octanol–water partition coefficient (Wildman–Crippen LogP) is 4.25. The number of hydrogen-bond acceptors (Lipinski definition) is 3. The number of nitrogens with two attached hydrogens (primary N) is 1. The van der Waals surface area contributed by atoms with Crippen molar-refractivity contribution in [3.63, 3.8) is 0 Å². The molecule has 0 radical (unpaired) electrons. The molecule has 26 heavy (non-hydrogen) atoms. The molecular weight excluding hydrogens is 380 g/mol. The van der Waals surface area contributed by atoms with Crippen LogP contribution in [0.2, 0.25) is 10.0 Å². The summed E-state index contributed by atoms with van der Waals surface area (Å²) in [6, 6.07) is 5.08. The summed E-state index contributed by atoms with van der Waals surface area (Å²) in [5.74, 6) is -0.139. The molecule has 0 saturated heterocycles. The van der Waals surface area contributed by atoms with E-state index < -0.39 is 17.8 Å². The predicted molar refractivity (Wildman–Crippen MR) is 97.5 cm³/mol.